The number of rotatable bonds is 8. The summed E-state index contributed by atoms with van der Waals surface area (Å²) in [6.07, 6.45) is 0.778. The van der Waals surface area contributed by atoms with E-state index in [1.54, 1.807) is 18.2 Å². The topological polar surface area (TPSA) is 64.3 Å². The molecule has 35 heavy (non-hydrogen) atoms. The van der Waals surface area contributed by atoms with E-state index in [9.17, 15) is 9.18 Å². The van der Waals surface area contributed by atoms with Crippen LogP contribution in [0.1, 0.15) is 31.9 Å². The number of benzene rings is 3. The molecular formula is C29H29FN2O3. The number of ether oxygens (including phenoxy) is 1. The number of aromatic nitrogens is 2. The second kappa shape index (κ2) is 10.1. The fourth-order valence-electron chi connectivity index (χ4n) is 3.91. The van der Waals surface area contributed by atoms with Crippen molar-refractivity contribution in [1.29, 1.82) is 0 Å². The van der Waals surface area contributed by atoms with E-state index in [1.165, 1.54) is 17.7 Å². The summed E-state index contributed by atoms with van der Waals surface area (Å²) in [5, 5.41) is 14.0. The molecule has 0 radical (unpaired) electrons. The van der Waals surface area contributed by atoms with Crippen molar-refractivity contribution in [3.05, 3.63) is 95.8 Å². The van der Waals surface area contributed by atoms with Crippen molar-refractivity contribution in [2.75, 3.05) is 6.61 Å². The lowest BCUT2D eigenvalue weighted by Gasteiger charge is -2.21. The van der Waals surface area contributed by atoms with Crippen LogP contribution in [0.15, 0.2) is 78.9 Å². The van der Waals surface area contributed by atoms with Crippen LogP contribution in [0.5, 0.6) is 5.75 Å². The molecule has 0 spiro atoms. The van der Waals surface area contributed by atoms with Gasteiger partial charge in [-0.05, 0) is 65.4 Å². The Kier molecular flexibility index (Phi) is 7.01. The number of nitrogens with zero attached hydrogens (tertiary/aromatic N) is 2. The summed E-state index contributed by atoms with van der Waals surface area (Å²) in [5.41, 5.74) is 5.24. The summed E-state index contributed by atoms with van der Waals surface area (Å²) >= 11 is 0. The lowest BCUT2D eigenvalue weighted by atomic mass is 9.85. The van der Waals surface area contributed by atoms with Gasteiger partial charge in [0.1, 0.15) is 11.6 Å². The maximum Gasteiger partial charge on any atom is 0.341 e. The third kappa shape index (κ3) is 5.96. The molecule has 6 heteroatoms. The Labute approximate surface area is 204 Å². The van der Waals surface area contributed by atoms with Gasteiger partial charge in [-0.15, -0.1) is 0 Å². The Morgan fingerprint density at radius 3 is 2.37 bits per heavy atom. The van der Waals surface area contributed by atoms with Crippen LogP contribution in [-0.4, -0.2) is 27.5 Å². The van der Waals surface area contributed by atoms with Crippen molar-refractivity contribution in [3.63, 3.8) is 0 Å². The van der Waals surface area contributed by atoms with Gasteiger partial charge >= 0.3 is 5.97 Å². The average Bonchev–Trinajstić information content (AvgIpc) is 3.26. The largest absolute Gasteiger partial charge is 0.481 e. The smallest absolute Gasteiger partial charge is 0.341 e. The van der Waals surface area contributed by atoms with Crippen molar-refractivity contribution in [3.8, 4) is 28.3 Å². The molecule has 0 aliphatic carbocycles. The molecule has 0 amide bonds. The highest BCUT2D eigenvalue weighted by atomic mass is 19.1. The van der Waals surface area contributed by atoms with E-state index in [2.05, 4.69) is 32.9 Å². The Bertz CT molecular complexity index is 1310. The minimum atomic E-state index is -1.05. The monoisotopic (exact) mass is 472 g/mol. The van der Waals surface area contributed by atoms with Gasteiger partial charge in [-0.2, -0.15) is 5.10 Å². The highest BCUT2D eigenvalue weighted by Crippen LogP contribution is 2.36. The summed E-state index contributed by atoms with van der Waals surface area (Å²) in [6, 6.07) is 24.2. The number of aryl methyl sites for hydroxylation is 2. The van der Waals surface area contributed by atoms with Crippen LogP contribution in [0.25, 0.3) is 22.5 Å². The second-order valence-electron chi connectivity index (χ2n) is 9.52. The zero-order valence-electron chi connectivity index (χ0n) is 20.2. The number of carboxylic acids is 1. The Hall–Kier alpha value is -3.93. The van der Waals surface area contributed by atoms with E-state index in [1.807, 2.05) is 41.1 Å². The standard InChI is InChI=1S/C29H29FN2O3/c1-29(2,3)22-11-14-27(35-19-28(33)34)24(17-22)25-18-26(21-9-12-23(30)13-10-21)32(31-25)16-15-20-7-5-4-6-8-20/h4-14,17-18H,15-16,19H2,1-3H3,(H,33,34). The van der Waals surface area contributed by atoms with Gasteiger partial charge in [0.15, 0.2) is 6.61 Å². The van der Waals surface area contributed by atoms with Gasteiger partial charge in [0, 0.05) is 17.7 Å². The van der Waals surface area contributed by atoms with Crippen LogP contribution in [0, 0.1) is 5.82 Å². The van der Waals surface area contributed by atoms with Crippen molar-refractivity contribution >= 4 is 5.97 Å². The molecule has 0 bridgehead atoms. The predicted octanol–water partition coefficient (Wildman–Crippen LogP) is 6.36. The molecule has 0 fully saturated rings. The predicted molar refractivity (Wildman–Crippen MR) is 135 cm³/mol. The molecule has 1 N–H and O–H groups in total. The molecular weight excluding hydrogens is 443 g/mol. The highest BCUT2D eigenvalue weighted by Gasteiger charge is 2.20. The molecule has 0 unspecified atom stereocenters. The van der Waals surface area contributed by atoms with Crippen LogP contribution in [-0.2, 0) is 23.2 Å². The summed E-state index contributed by atoms with van der Waals surface area (Å²) in [5.74, 6) is -0.887. The lowest BCUT2D eigenvalue weighted by Crippen LogP contribution is -2.13. The number of carbonyl (C=O) groups is 1. The molecule has 0 aliphatic rings. The second-order valence-corrected chi connectivity index (χ2v) is 9.52. The van der Waals surface area contributed by atoms with Gasteiger partial charge in [-0.1, -0.05) is 57.2 Å². The molecule has 0 saturated heterocycles. The van der Waals surface area contributed by atoms with Crippen LogP contribution < -0.4 is 4.74 Å². The number of aliphatic carboxylic acids is 1. The van der Waals surface area contributed by atoms with E-state index >= 15 is 0 Å². The first kappa shape index (κ1) is 24.2. The molecule has 0 saturated carbocycles. The van der Waals surface area contributed by atoms with Gasteiger partial charge in [0.2, 0.25) is 0 Å². The van der Waals surface area contributed by atoms with Gasteiger partial charge in [-0.3, -0.25) is 4.68 Å². The van der Waals surface area contributed by atoms with E-state index in [0.717, 1.165) is 28.8 Å². The van der Waals surface area contributed by atoms with Crippen molar-refractivity contribution in [2.24, 2.45) is 0 Å². The van der Waals surface area contributed by atoms with Gasteiger partial charge < -0.3 is 9.84 Å². The number of halogens is 1. The fraction of sp³-hybridized carbons (Fsp3) is 0.241. The molecule has 0 aliphatic heterocycles. The van der Waals surface area contributed by atoms with Crippen LogP contribution in [0.4, 0.5) is 4.39 Å². The number of hydrogen-bond donors (Lipinski definition) is 1. The van der Waals surface area contributed by atoms with E-state index in [0.29, 0.717) is 18.0 Å². The quantitative estimate of drug-likeness (QED) is 0.324. The lowest BCUT2D eigenvalue weighted by molar-refractivity contribution is -0.139. The normalized spacial score (nSPS) is 11.4. The Balaban J connectivity index is 1.79. The van der Waals surface area contributed by atoms with Gasteiger partial charge in [-0.25, -0.2) is 9.18 Å². The van der Waals surface area contributed by atoms with Crippen molar-refractivity contribution in [2.45, 2.75) is 39.2 Å². The third-order valence-electron chi connectivity index (χ3n) is 5.85. The molecule has 4 aromatic rings. The van der Waals surface area contributed by atoms with E-state index in [-0.39, 0.29) is 11.2 Å². The molecule has 5 nitrogen and oxygen atoms in total. The first-order valence-corrected chi connectivity index (χ1v) is 11.6. The van der Waals surface area contributed by atoms with Crippen LogP contribution in [0.3, 0.4) is 0 Å². The Morgan fingerprint density at radius 2 is 1.71 bits per heavy atom. The van der Waals surface area contributed by atoms with Gasteiger partial charge in [0.05, 0.1) is 11.4 Å². The third-order valence-corrected chi connectivity index (χ3v) is 5.85. The minimum absolute atomic E-state index is 0.115. The SMILES string of the molecule is CC(C)(C)c1ccc(OCC(=O)O)c(-c2cc(-c3ccc(F)cc3)n(CCc3ccccc3)n2)c1. The fourth-order valence-corrected chi connectivity index (χ4v) is 3.91. The average molecular weight is 473 g/mol. The molecule has 3 aromatic carbocycles. The summed E-state index contributed by atoms with van der Waals surface area (Å²) in [6.45, 7) is 6.54. The van der Waals surface area contributed by atoms with Crippen LogP contribution in [0.2, 0.25) is 0 Å². The first-order valence-electron chi connectivity index (χ1n) is 11.6. The maximum atomic E-state index is 13.6. The highest BCUT2D eigenvalue weighted by molar-refractivity contribution is 5.74. The molecule has 1 aromatic heterocycles. The summed E-state index contributed by atoms with van der Waals surface area (Å²) in [4.78, 5) is 11.2. The van der Waals surface area contributed by atoms with E-state index < -0.39 is 12.6 Å². The molecule has 1 heterocycles. The molecule has 180 valence electrons. The zero-order valence-corrected chi connectivity index (χ0v) is 20.2. The number of carboxylic acid groups (broad SMARTS) is 1. The number of hydrogen-bond acceptors (Lipinski definition) is 3. The first-order chi connectivity index (χ1) is 16.7. The Morgan fingerprint density at radius 1 is 1.00 bits per heavy atom. The van der Waals surface area contributed by atoms with Gasteiger partial charge in [0.25, 0.3) is 0 Å². The van der Waals surface area contributed by atoms with Crippen molar-refractivity contribution < 1.29 is 19.0 Å². The minimum Gasteiger partial charge on any atom is -0.481 e. The summed E-state index contributed by atoms with van der Waals surface area (Å²) < 4.78 is 21.2. The van der Waals surface area contributed by atoms with Crippen LogP contribution >= 0.6 is 0 Å². The molecule has 0 atom stereocenters. The molecule has 4 rings (SSSR count). The summed E-state index contributed by atoms with van der Waals surface area (Å²) in [7, 11) is 0. The maximum absolute atomic E-state index is 13.6. The zero-order chi connectivity index (χ0) is 25.0. The van der Waals surface area contributed by atoms with E-state index in [4.69, 9.17) is 14.9 Å². The van der Waals surface area contributed by atoms with Crippen molar-refractivity contribution in [1.82, 2.24) is 9.78 Å².